The van der Waals surface area contributed by atoms with Gasteiger partial charge in [-0.25, -0.2) is 4.39 Å². The van der Waals surface area contributed by atoms with E-state index in [4.69, 9.17) is 23.8 Å². The number of halogens is 2. The molecule has 24 heavy (non-hydrogen) atoms. The molecule has 2 aromatic carbocycles. The molecule has 0 bridgehead atoms. The molecular weight excluding hydrogens is 347 g/mol. The van der Waals surface area contributed by atoms with Crippen LogP contribution in [0.5, 0.6) is 0 Å². The highest BCUT2D eigenvalue weighted by atomic mass is 35.5. The molecule has 7 heteroatoms. The molecule has 3 rings (SSSR count). The first kappa shape index (κ1) is 16.4. The second-order valence-electron chi connectivity index (χ2n) is 5.10. The Kier molecular flexibility index (Phi) is 5.08. The summed E-state index contributed by atoms with van der Waals surface area (Å²) >= 11 is 11.4. The summed E-state index contributed by atoms with van der Waals surface area (Å²) in [5.74, 6) is 0.106. The number of thiocarbonyl (C=S) groups is 1. The van der Waals surface area contributed by atoms with Crippen molar-refractivity contribution < 1.29 is 4.39 Å². The van der Waals surface area contributed by atoms with Gasteiger partial charge in [0.25, 0.3) is 0 Å². The van der Waals surface area contributed by atoms with Crippen molar-refractivity contribution in [3.8, 4) is 0 Å². The van der Waals surface area contributed by atoms with Crippen molar-refractivity contribution in [1.29, 1.82) is 0 Å². The maximum absolute atomic E-state index is 13.2. The lowest BCUT2D eigenvalue weighted by atomic mass is 10.2. The number of nitrogens with one attached hydrogen (secondary N) is 2. The van der Waals surface area contributed by atoms with E-state index in [-0.39, 0.29) is 10.9 Å². The first-order chi connectivity index (χ1) is 11.6. The normalized spacial score (nSPS) is 10.4. The van der Waals surface area contributed by atoms with E-state index in [1.54, 1.807) is 23.0 Å². The highest BCUT2D eigenvalue weighted by molar-refractivity contribution is 7.80. The minimum atomic E-state index is -0.340. The van der Waals surface area contributed by atoms with Crippen molar-refractivity contribution in [2.45, 2.75) is 6.54 Å². The molecule has 1 heterocycles. The number of hydrogen-bond donors (Lipinski definition) is 2. The quantitative estimate of drug-likeness (QED) is 0.671. The van der Waals surface area contributed by atoms with Gasteiger partial charge < -0.3 is 10.6 Å². The molecule has 2 N–H and O–H groups in total. The summed E-state index contributed by atoms with van der Waals surface area (Å²) < 4.78 is 14.9. The maximum atomic E-state index is 13.2. The molecule has 0 saturated heterocycles. The Morgan fingerprint density at radius 3 is 2.67 bits per heavy atom. The minimum absolute atomic E-state index is 0.285. The summed E-state index contributed by atoms with van der Waals surface area (Å²) in [7, 11) is 0. The van der Waals surface area contributed by atoms with E-state index in [0.29, 0.717) is 23.1 Å². The molecule has 0 amide bonds. The van der Waals surface area contributed by atoms with Gasteiger partial charge in [0.1, 0.15) is 10.8 Å². The fourth-order valence-corrected chi connectivity index (χ4v) is 2.58. The van der Waals surface area contributed by atoms with Crippen LogP contribution in [-0.2, 0) is 6.54 Å². The first-order valence-electron chi connectivity index (χ1n) is 7.20. The lowest BCUT2D eigenvalue weighted by Crippen LogP contribution is -2.19. The van der Waals surface area contributed by atoms with Crippen LogP contribution in [0.1, 0.15) is 5.56 Å². The third kappa shape index (κ3) is 4.31. The lowest BCUT2D eigenvalue weighted by Gasteiger charge is -2.09. The molecule has 0 radical (unpaired) electrons. The summed E-state index contributed by atoms with van der Waals surface area (Å²) in [6, 6.07) is 16.0. The summed E-state index contributed by atoms with van der Waals surface area (Å²) in [5.41, 5.74) is 1.66. The van der Waals surface area contributed by atoms with Gasteiger partial charge >= 0.3 is 0 Å². The predicted octanol–water partition coefficient (Wildman–Crippen LogP) is 4.53. The zero-order chi connectivity index (χ0) is 16.9. The van der Waals surface area contributed by atoms with Crippen molar-refractivity contribution in [3.05, 3.63) is 77.2 Å². The average Bonchev–Trinajstić information content (AvgIpc) is 2.87. The summed E-state index contributed by atoms with van der Waals surface area (Å²) in [4.78, 5) is 0. The van der Waals surface area contributed by atoms with Crippen LogP contribution in [0.3, 0.4) is 0 Å². The topological polar surface area (TPSA) is 41.9 Å². The first-order valence-corrected chi connectivity index (χ1v) is 7.99. The Labute approximate surface area is 149 Å². The smallest absolute Gasteiger partial charge is 0.176 e. The van der Waals surface area contributed by atoms with E-state index in [0.717, 1.165) is 5.56 Å². The Balaban J connectivity index is 1.66. The third-order valence-electron chi connectivity index (χ3n) is 3.22. The average molecular weight is 361 g/mol. The van der Waals surface area contributed by atoms with Gasteiger partial charge in [0.2, 0.25) is 0 Å². The van der Waals surface area contributed by atoms with E-state index in [9.17, 15) is 4.39 Å². The summed E-state index contributed by atoms with van der Waals surface area (Å²) in [6.07, 6.45) is 1.72. The Bertz CT molecular complexity index is 851. The van der Waals surface area contributed by atoms with E-state index < -0.39 is 0 Å². The number of nitrogens with zero attached hydrogens (tertiary/aromatic N) is 2. The molecule has 0 aliphatic heterocycles. The number of rotatable bonds is 4. The third-order valence-corrected chi connectivity index (χ3v) is 3.70. The van der Waals surface area contributed by atoms with Crippen LogP contribution in [0.2, 0.25) is 5.02 Å². The summed E-state index contributed by atoms with van der Waals surface area (Å²) in [5, 5.41) is 10.9. The second kappa shape index (κ2) is 7.42. The van der Waals surface area contributed by atoms with Crippen molar-refractivity contribution in [3.63, 3.8) is 0 Å². The molecule has 0 spiro atoms. The number of anilines is 2. The largest absolute Gasteiger partial charge is 0.332 e. The van der Waals surface area contributed by atoms with Gasteiger partial charge in [-0.15, -0.1) is 0 Å². The predicted molar refractivity (Wildman–Crippen MR) is 99.0 cm³/mol. The summed E-state index contributed by atoms with van der Waals surface area (Å²) in [6.45, 7) is 0.603. The molecule has 0 aliphatic carbocycles. The minimum Gasteiger partial charge on any atom is -0.332 e. The SMILES string of the molecule is Fc1cccc(NC(=S)Nc2nn(Cc3ccccc3)cc2Cl)c1. The van der Waals surface area contributed by atoms with Crippen molar-refractivity contribution in [1.82, 2.24) is 9.78 Å². The second-order valence-corrected chi connectivity index (χ2v) is 5.91. The zero-order valence-corrected chi connectivity index (χ0v) is 14.1. The van der Waals surface area contributed by atoms with Crippen molar-refractivity contribution in [2.75, 3.05) is 10.6 Å². The molecule has 0 fully saturated rings. The van der Waals surface area contributed by atoms with Gasteiger partial charge in [-0.3, -0.25) is 4.68 Å². The molecule has 0 unspecified atom stereocenters. The van der Waals surface area contributed by atoms with Gasteiger partial charge in [0, 0.05) is 11.9 Å². The molecule has 0 aliphatic rings. The maximum Gasteiger partial charge on any atom is 0.176 e. The van der Waals surface area contributed by atoms with Gasteiger partial charge in [0.15, 0.2) is 10.9 Å². The highest BCUT2D eigenvalue weighted by Crippen LogP contribution is 2.20. The molecule has 122 valence electrons. The van der Waals surface area contributed by atoms with E-state index in [2.05, 4.69) is 15.7 Å². The van der Waals surface area contributed by atoms with Gasteiger partial charge in [0.05, 0.1) is 6.54 Å². The fraction of sp³-hybridized carbons (Fsp3) is 0.0588. The molecule has 3 aromatic rings. The van der Waals surface area contributed by atoms with Crippen LogP contribution in [0, 0.1) is 5.82 Å². The van der Waals surface area contributed by atoms with Crippen LogP contribution in [0.25, 0.3) is 0 Å². The van der Waals surface area contributed by atoms with Crippen molar-refractivity contribution in [2.24, 2.45) is 0 Å². The standard InChI is InChI=1S/C17H14ClFN4S/c18-15-11-23(10-12-5-2-1-3-6-12)22-16(15)21-17(24)20-14-8-4-7-13(19)9-14/h1-9,11H,10H2,(H2,20,21,22,24). The van der Waals surface area contributed by atoms with E-state index >= 15 is 0 Å². The number of aromatic nitrogens is 2. The van der Waals surface area contributed by atoms with Gasteiger partial charge in [-0.2, -0.15) is 5.10 Å². The number of hydrogen-bond acceptors (Lipinski definition) is 2. The van der Waals surface area contributed by atoms with E-state index in [1.165, 1.54) is 12.1 Å². The molecule has 0 atom stereocenters. The Morgan fingerprint density at radius 1 is 1.12 bits per heavy atom. The fourth-order valence-electron chi connectivity index (χ4n) is 2.17. The molecule has 0 saturated carbocycles. The molecule has 1 aromatic heterocycles. The highest BCUT2D eigenvalue weighted by Gasteiger charge is 2.09. The van der Waals surface area contributed by atoms with Crippen LogP contribution < -0.4 is 10.6 Å². The monoisotopic (exact) mass is 360 g/mol. The van der Waals surface area contributed by atoms with Gasteiger partial charge in [-0.1, -0.05) is 48.0 Å². The zero-order valence-electron chi connectivity index (χ0n) is 12.5. The number of benzene rings is 2. The van der Waals surface area contributed by atoms with Crippen LogP contribution in [0.15, 0.2) is 60.8 Å². The van der Waals surface area contributed by atoms with Gasteiger partial charge in [-0.05, 0) is 36.0 Å². The lowest BCUT2D eigenvalue weighted by molar-refractivity contribution is 0.628. The molecular formula is C17H14ClFN4S. The Morgan fingerprint density at radius 2 is 1.92 bits per heavy atom. The Hall–Kier alpha value is -2.44. The van der Waals surface area contributed by atoms with E-state index in [1.807, 2.05) is 30.3 Å². The van der Waals surface area contributed by atoms with Crippen molar-refractivity contribution >= 4 is 40.4 Å². The van der Waals surface area contributed by atoms with Crippen LogP contribution in [0.4, 0.5) is 15.9 Å². The molecule has 4 nitrogen and oxygen atoms in total. The van der Waals surface area contributed by atoms with Crippen LogP contribution >= 0.6 is 23.8 Å². The van der Waals surface area contributed by atoms with Crippen LogP contribution in [-0.4, -0.2) is 14.9 Å².